The maximum Gasteiger partial charge on any atom is 0.0788 e. The molecule has 0 N–H and O–H groups in total. The Morgan fingerprint density at radius 1 is 0.232 bits per heavy atom. The van der Waals surface area contributed by atoms with Crippen LogP contribution in [0.5, 0.6) is 0 Å². The molecule has 2 heterocycles. The van der Waals surface area contributed by atoms with Crippen LogP contribution in [0.3, 0.4) is 0 Å². The smallest absolute Gasteiger partial charge is 0.0788 e. The lowest BCUT2D eigenvalue weighted by molar-refractivity contribution is 1.15. The Morgan fingerprint density at radius 3 is 1.12 bits per heavy atom. The second-order valence-corrected chi connectivity index (χ2v) is 14.8. The van der Waals surface area contributed by atoms with Crippen LogP contribution in [0.1, 0.15) is 0 Å². The molecular weight excluding hydrogens is 677 g/mol. The van der Waals surface area contributed by atoms with Gasteiger partial charge in [-0.15, -0.1) is 0 Å². The third-order valence-electron chi connectivity index (χ3n) is 11.9. The standard InChI is InChI=1S/C54H34N2/c1-2-14-35(15-3-1)36-26-28-37(29-27-36)55-51-24-12-10-22-46(51)48-32-33-49-47-23-11-13-25-52(47)56(54(49)53(48)55)38-30-31-45-43-20-7-6-18-41(43)39-16-4-5-17-40(39)42-19-8-9-21-44(42)50(45)34-38/h1-34H. The molecular formula is C54H34N2. The molecule has 2 aromatic heterocycles. The largest absolute Gasteiger partial charge is 0.307 e. The first-order valence-corrected chi connectivity index (χ1v) is 19.4. The van der Waals surface area contributed by atoms with Gasteiger partial charge in [-0.1, -0.05) is 170 Å². The van der Waals surface area contributed by atoms with E-state index < -0.39 is 0 Å². The van der Waals surface area contributed by atoms with E-state index in [9.17, 15) is 0 Å². The highest BCUT2D eigenvalue weighted by Crippen LogP contribution is 2.49. The van der Waals surface area contributed by atoms with Crippen LogP contribution >= 0.6 is 0 Å². The van der Waals surface area contributed by atoms with Crippen LogP contribution in [0.2, 0.25) is 0 Å². The minimum absolute atomic E-state index is 1.14. The average molecular weight is 711 g/mol. The quantitative estimate of drug-likeness (QED) is 0.173. The molecule has 1 aliphatic carbocycles. The zero-order valence-electron chi connectivity index (χ0n) is 30.5. The predicted octanol–water partition coefficient (Wildman–Crippen LogP) is 14.5. The number of hydrogen-bond donors (Lipinski definition) is 0. The first kappa shape index (κ1) is 31.0. The molecule has 0 aliphatic heterocycles. The monoisotopic (exact) mass is 710 g/mol. The molecule has 0 saturated heterocycles. The van der Waals surface area contributed by atoms with Gasteiger partial charge in [0.2, 0.25) is 0 Å². The highest BCUT2D eigenvalue weighted by Gasteiger charge is 2.25. The summed E-state index contributed by atoms with van der Waals surface area (Å²) >= 11 is 0. The summed E-state index contributed by atoms with van der Waals surface area (Å²) in [5.74, 6) is 0. The van der Waals surface area contributed by atoms with Crippen molar-refractivity contribution in [2.24, 2.45) is 0 Å². The number of benzene rings is 9. The van der Waals surface area contributed by atoms with Gasteiger partial charge >= 0.3 is 0 Å². The van der Waals surface area contributed by atoms with Crippen molar-refractivity contribution in [3.63, 3.8) is 0 Å². The number of para-hydroxylation sites is 2. The van der Waals surface area contributed by atoms with Crippen LogP contribution < -0.4 is 0 Å². The fourth-order valence-corrected chi connectivity index (χ4v) is 9.46. The molecule has 0 bridgehead atoms. The van der Waals surface area contributed by atoms with Crippen molar-refractivity contribution >= 4 is 43.6 Å². The summed E-state index contributed by atoms with van der Waals surface area (Å²) in [6, 6.07) is 75.9. The topological polar surface area (TPSA) is 9.86 Å². The summed E-state index contributed by atoms with van der Waals surface area (Å²) in [5.41, 5.74) is 19.5. The van der Waals surface area contributed by atoms with Crippen molar-refractivity contribution in [2.45, 2.75) is 0 Å². The van der Waals surface area contributed by atoms with E-state index >= 15 is 0 Å². The van der Waals surface area contributed by atoms with Crippen molar-refractivity contribution in [1.29, 1.82) is 0 Å². The Balaban J connectivity index is 1.18. The van der Waals surface area contributed by atoms with Crippen molar-refractivity contribution in [2.75, 3.05) is 0 Å². The SMILES string of the molecule is c1ccc(-c2ccc(-n3c4ccccc4c4ccc5c6ccccc6n(-c6ccc7c(c6)-c6ccccc6-c6ccccc6-c6ccccc6-7)c5c43)cc2)cc1. The maximum absolute atomic E-state index is 2.52. The zero-order valence-corrected chi connectivity index (χ0v) is 30.5. The number of fused-ring (bicyclic) bond motifs is 15. The third kappa shape index (κ3) is 4.44. The van der Waals surface area contributed by atoms with Gasteiger partial charge in [-0.05, 0) is 92.0 Å². The molecule has 1 aliphatic rings. The van der Waals surface area contributed by atoms with Gasteiger partial charge in [-0.25, -0.2) is 0 Å². The first-order chi connectivity index (χ1) is 27.8. The normalized spacial score (nSPS) is 11.9. The number of aromatic nitrogens is 2. The Kier molecular flexibility index (Phi) is 6.66. The minimum atomic E-state index is 1.14. The zero-order chi connectivity index (χ0) is 36.7. The lowest BCUT2D eigenvalue weighted by atomic mass is 9.81. The predicted molar refractivity (Wildman–Crippen MR) is 236 cm³/mol. The van der Waals surface area contributed by atoms with Crippen LogP contribution in [0.4, 0.5) is 0 Å². The van der Waals surface area contributed by atoms with Crippen LogP contribution in [-0.2, 0) is 0 Å². The van der Waals surface area contributed by atoms with E-state index in [4.69, 9.17) is 0 Å². The molecule has 0 saturated carbocycles. The number of rotatable bonds is 3. The molecule has 260 valence electrons. The molecule has 56 heavy (non-hydrogen) atoms. The van der Waals surface area contributed by atoms with Crippen molar-refractivity contribution in [3.8, 4) is 67.0 Å². The summed E-state index contributed by atoms with van der Waals surface area (Å²) < 4.78 is 5.00. The highest BCUT2D eigenvalue weighted by atomic mass is 15.0. The number of nitrogens with zero attached hydrogens (tertiary/aromatic N) is 2. The molecule has 2 nitrogen and oxygen atoms in total. The van der Waals surface area contributed by atoms with Crippen molar-refractivity contribution in [3.05, 3.63) is 206 Å². The molecule has 11 aromatic rings. The van der Waals surface area contributed by atoms with Crippen LogP contribution in [-0.4, -0.2) is 9.13 Å². The molecule has 0 spiro atoms. The van der Waals surface area contributed by atoms with E-state index in [2.05, 4.69) is 215 Å². The van der Waals surface area contributed by atoms with E-state index in [0.717, 1.165) is 11.4 Å². The van der Waals surface area contributed by atoms with E-state index in [1.54, 1.807) is 0 Å². The Morgan fingerprint density at radius 2 is 0.607 bits per heavy atom. The van der Waals surface area contributed by atoms with E-state index in [0.29, 0.717) is 0 Å². The molecule has 0 radical (unpaired) electrons. The Hall–Kier alpha value is -7.42. The summed E-state index contributed by atoms with van der Waals surface area (Å²) in [5, 5.41) is 4.97. The number of hydrogen-bond acceptors (Lipinski definition) is 0. The van der Waals surface area contributed by atoms with Crippen molar-refractivity contribution < 1.29 is 0 Å². The average Bonchev–Trinajstić information content (AvgIpc) is 3.79. The fourth-order valence-electron chi connectivity index (χ4n) is 9.46. The lowest BCUT2D eigenvalue weighted by Gasteiger charge is -2.24. The third-order valence-corrected chi connectivity index (χ3v) is 11.9. The Bertz CT molecular complexity index is 3340. The van der Waals surface area contributed by atoms with Gasteiger partial charge in [-0.3, -0.25) is 0 Å². The second kappa shape index (κ2) is 12.0. The van der Waals surface area contributed by atoms with Crippen molar-refractivity contribution in [1.82, 2.24) is 9.13 Å². The van der Waals surface area contributed by atoms with Gasteiger partial charge in [0.05, 0.1) is 22.1 Å². The summed E-state index contributed by atoms with van der Waals surface area (Å²) in [6.45, 7) is 0. The molecule has 9 aromatic carbocycles. The molecule has 12 rings (SSSR count). The van der Waals surface area contributed by atoms with Gasteiger partial charge in [-0.2, -0.15) is 0 Å². The molecule has 2 heteroatoms. The van der Waals surface area contributed by atoms with Crippen LogP contribution in [0, 0.1) is 0 Å². The van der Waals surface area contributed by atoms with E-state index in [1.165, 1.54) is 99.2 Å². The van der Waals surface area contributed by atoms with Crippen LogP contribution in [0.25, 0.3) is 111 Å². The summed E-state index contributed by atoms with van der Waals surface area (Å²) in [6.07, 6.45) is 0. The summed E-state index contributed by atoms with van der Waals surface area (Å²) in [4.78, 5) is 0. The van der Waals surface area contributed by atoms with Gasteiger partial charge in [0.25, 0.3) is 0 Å². The maximum atomic E-state index is 2.52. The lowest BCUT2D eigenvalue weighted by Crippen LogP contribution is -2.01. The van der Waals surface area contributed by atoms with E-state index in [-0.39, 0.29) is 0 Å². The first-order valence-electron chi connectivity index (χ1n) is 19.4. The van der Waals surface area contributed by atoms with Crippen LogP contribution in [0.15, 0.2) is 206 Å². The van der Waals surface area contributed by atoms with Gasteiger partial charge < -0.3 is 9.13 Å². The minimum Gasteiger partial charge on any atom is -0.307 e. The van der Waals surface area contributed by atoms with Gasteiger partial charge in [0, 0.05) is 32.9 Å². The highest BCUT2D eigenvalue weighted by molar-refractivity contribution is 6.24. The second-order valence-electron chi connectivity index (χ2n) is 14.8. The van der Waals surface area contributed by atoms with E-state index in [1.807, 2.05) is 0 Å². The molecule has 0 amide bonds. The molecule has 0 unspecified atom stereocenters. The fraction of sp³-hybridized carbons (Fsp3) is 0. The summed E-state index contributed by atoms with van der Waals surface area (Å²) in [7, 11) is 0. The van der Waals surface area contributed by atoms with Gasteiger partial charge in [0.1, 0.15) is 0 Å². The molecule has 0 fully saturated rings. The molecule has 0 atom stereocenters. The Labute approximate surface area is 324 Å². The van der Waals surface area contributed by atoms with Gasteiger partial charge in [0.15, 0.2) is 0 Å².